The highest BCUT2D eigenvalue weighted by Gasteiger charge is 2.40. The van der Waals surface area contributed by atoms with Gasteiger partial charge in [-0.2, -0.15) is 13.2 Å². The zero-order valence-electron chi connectivity index (χ0n) is 21.9. The number of nitrogens with zero attached hydrogens (tertiary/aromatic N) is 1. The molecule has 1 aromatic heterocycles. The maximum absolute atomic E-state index is 13.2. The predicted octanol–water partition coefficient (Wildman–Crippen LogP) is 7.60. The second-order valence-electron chi connectivity index (χ2n) is 11.2. The van der Waals surface area contributed by atoms with Crippen LogP contribution in [0.2, 0.25) is 0 Å². The highest BCUT2D eigenvalue weighted by Crippen LogP contribution is 2.50. The van der Waals surface area contributed by atoms with Crippen LogP contribution in [-0.4, -0.2) is 24.3 Å². The normalized spacial score (nSPS) is 22.2. The van der Waals surface area contributed by atoms with Crippen molar-refractivity contribution in [1.82, 2.24) is 4.98 Å². The summed E-state index contributed by atoms with van der Waals surface area (Å²) in [4.78, 5) is 5.09. The average molecular weight is 506 g/mol. The first-order valence-electron chi connectivity index (χ1n) is 12.9. The molecule has 1 N–H and O–H groups in total. The van der Waals surface area contributed by atoms with Gasteiger partial charge in [0.25, 0.3) is 0 Å². The number of halogens is 3. The minimum absolute atomic E-state index is 0.00561. The molecule has 4 rings (SSSR count). The van der Waals surface area contributed by atoms with Gasteiger partial charge >= 0.3 is 6.18 Å². The lowest BCUT2D eigenvalue weighted by atomic mass is 9.69. The van der Waals surface area contributed by atoms with Gasteiger partial charge in [0.1, 0.15) is 6.10 Å². The molecular weight excluding hydrogens is 467 g/mol. The quantitative estimate of drug-likeness (QED) is 0.439. The maximum Gasteiger partial charge on any atom is 0.416 e. The molecule has 1 heterocycles. The second-order valence-corrected chi connectivity index (χ2v) is 11.2. The van der Waals surface area contributed by atoms with Crippen LogP contribution in [0.15, 0.2) is 24.3 Å². The maximum atomic E-state index is 13.2. The van der Waals surface area contributed by atoms with E-state index in [4.69, 9.17) is 14.5 Å². The zero-order valence-corrected chi connectivity index (χ0v) is 21.9. The number of hydrogen-bond donors (Lipinski definition) is 1. The van der Waals surface area contributed by atoms with Crippen molar-refractivity contribution in [2.75, 3.05) is 14.2 Å². The van der Waals surface area contributed by atoms with E-state index in [1.165, 1.54) is 18.6 Å². The van der Waals surface area contributed by atoms with Gasteiger partial charge in [-0.05, 0) is 67.2 Å². The largest absolute Gasteiger partial charge is 0.416 e. The number of methoxy groups -OCH3 is 2. The molecule has 0 radical (unpaired) electrons. The topological polar surface area (TPSA) is 51.6 Å². The Morgan fingerprint density at radius 3 is 2.22 bits per heavy atom. The Morgan fingerprint density at radius 2 is 1.67 bits per heavy atom. The van der Waals surface area contributed by atoms with Gasteiger partial charge in [-0.3, -0.25) is 4.98 Å². The molecule has 0 spiro atoms. The average Bonchev–Trinajstić information content (AvgIpc) is 2.85. The van der Waals surface area contributed by atoms with Gasteiger partial charge in [-0.1, -0.05) is 45.2 Å². The third kappa shape index (κ3) is 5.34. The van der Waals surface area contributed by atoms with E-state index in [9.17, 15) is 18.3 Å². The molecule has 3 atom stereocenters. The van der Waals surface area contributed by atoms with Gasteiger partial charge in [0, 0.05) is 31.0 Å². The number of aliphatic hydroxyl groups is 1. The molecular formula is C29H38F3NO3. The van der Waals surface area contributed by atoms with Gasteiger partial charge in [0.05, 0.1) is 23.5 Å². The van der Waals surface area contributed by atoms with Crippen molar-refractivity contribution in [3.63, 3.8) is 0 Å². The number of ether oxygens (including phenoxy) is 2. The molecule has 2 aliphatic carbocycles. The van der Waals surface area contributed by atoms with E-state index in [2.05, 4.69) is 13.8 Å². The number of fused-ring (bicyclic) bond motifs is 1. The van der Waals surface area contributed by atoms with Crippen LogP contribution in [0.3, 0.4) is 0 Å². The Bertz CT molecular complexity index is 1060. The molecule has 1 aromatic carbocycles. The first-order valence-corrected chi connectivity index (χ1v) is 12.9. The van der Waals surface area contributed by atoms with Crippen LogP contribution in [0.25, 0.3) is 0 Å². The molecule has 0 saturated heterocycles. The highest BCUT2D eigenvalue weighted by atomic mass is 19.4. The smallest absolute Gasteiger partial charge is 0.384 e. The number of pyridine rings is 1. The molecule has 2 aromatic rings. The minimum atomic E-state index is -4.43. The Morgan fingerprint density at radius 1 is 1.03 bits per heavy atom. The van der Waals surface area contributed by atoms with E-state index in [1.54, 1.807) is 14.2 Å². The van der Waals surface area contributed by atoms with E-state index in [-0.39, 0.29) is 23.5 Å². The number of benzene rings is 1. The zero-order chi connectivity index (χ0) is 26.3. The standard InChI is InChI=1S/C29H38F3NO3/c1-17(35-4)26-25(27(34)19-11-13-20(14-12-19)29(30,31)32)23(18-9-7-6-8-10-18)24-21(33-26)15-28(2,3)16-22(24)36-5/h11-14,17-18,22,27,34H,6-10,15-16H2,1-5H3. The van der Waals surface area contributed by atoms with E-state index < -0.39 is 17.8 Å². The van der Waals surface area contributed by atoms with Gasteiger partial charge in [-0.25, -0.2) is 0 Å². The summed E-state index contributed by atoms with van der Waals surface area (Å²) in [6.45, 7) is 6.34. The van der Waals surface area contributed by atoms with Crippen LogP contribution in [0.1, 0.15) is 123 Å². The Kier molecular flexibility index (Phi) is 7.84. The molecule has 36 heavy (non-hydrogen) atoms. The Labute approximate surface area is 212 Å². The fourth-order valence-electron chi connectivity index (χ4n) is 6.09. The highest BCUT2D eigenvalue weighted by molar-refractivity contribution is 5.50. The molecule has 4 nitrogen and oxygen atoms in total. The van der Waals surface area contributed by atoms with E-state index in [0.717, 1.165) is 67.5 Å². The third-order valence-corrected chi connectivity index (χ3v) is 7.99. The number of aliphatic hydroxyl groups excluding tert-OH is 1. The molecule has 1 fully saturated rings. The lowest BCUT2D eigenvalue weighted by Crippen LogP contribution is -2.31. The summed E-state index contributed by atoms with van der Waals surface area (Å²) in [5, 5.41) is 11.8. The van der Waals surface area contributed by atoms with E-state index >= 15 is 0 Å². The Balaban J connectivity index is 1.96. The van der Waals surface area contributed by atoms with Crippen molar-refractivity contribution >= 4 is 0 Å². The summed E-state index contributed by atoms with van der Waals surface area (Å²) < 4.78 is 51.3. The van der Waals surface area contributed by atoms with Crippen LogP contribution in [-0.2, 0) is 22.1 Å². The van der Waals surface area contributed by atoms with E-state index in [1.807, 2.05) is 6.92 Å². The lowest BCUT2D eigenvalue weighted by Gasteiger charge is -2.40. The minimum Gasteiger partial charge on any atom is -0.384 e. The molecule has 2 aliphatic rings. The van der Waals surface area contributed by atoms with E-state index in [0.29, 0.717) is 16.8 Å². The van der Waals surface area contributed by atoms with Crippen molar-refractivity contribution < 1.29 is 27.8 Å². The van der Waals surface area contributed by atoms with Crippen LogP contribution in [0.5, 0.6) is 0 Å². The Hall–Kier alpha value is -1.96. The summed E-state index contributed by atoms with van der Waals surface area (Å²) in [5.74, 6) is 0.233. The number of alkyl halides is 3. The third-order valence-electron chi connectivity index (χ3n) is 7.99. The molecule has 1 saturated carbocycles. The second kappa shape index (κ2) is 10.4. The van der Waals surface area contributed by atoms with Gasteiger partial charge in [0.15, 0.2) is 0 Å². The van der Waals surface area contributed by atoms with Gasteiger partial charge in [-0.15, -0.1) is 0 Å². The van der Waals surface area contributed by atoms with Crippen LogP contribution < -0.4 is 0 Å². The number of hydrogen-bond acceptors (Lipinski definition) is 4. The monoisotopic (exact) mass is 505 g/mol. The molecule has 0 amide bonds. The van der Waals surface area contributed by atoms with Gasteiger partial charge < -0.3 is 14.6 Å². The van der Waals surface area contributed by atoms with Crippen molar-refractivity contribution in [3.05, 3.63) is 63.5 Å². The molecule has 3 unspecified atom stereocenters. The predicted molar refractivity (Wildman–Crippen MR) is 133 cm³/mol. The molecule has 7 heteroatoms. The lowest BCUT2D eigenvalue weighted by molar-refractivity contribution is -0.137. The van der Waals surface area contributed by atoms with Crippen LogP contribution in [0.4, 0.5) is 13.2 Å². The van der Waals surface area contributed by atoms with Crippen molar-refractivity contribution in [2.24, 2.45) is 5.41 Å². The summed E-state index contributed by atoms with van der Waals surface area (Å²) in [5.41, 5.74) is 4.16. The van der Waals surface area contributed by atoms with Crippen LogP contribution in [0, 0.1) is 5.41 Å². The van der Waals surface area contributed by atoms with Crippen molar-refractivity contribution in [3.8, 4) is 0 Å². The van der Waals surface area contributed by atoms with Gasteiger partial charge in [0.2, 0.25) is 0 Å². The van der Waals surface area contributed by atoms with Crippen LogP contribution >= 0.6 is 0 Å². The van der Waals surface area contributed by atoms with Crippen molar-refractivity contribution in [1.29, 1.82) is 0 Å². The summed E-state index contributed by atoms with van der Waals surface area (Å²) in [6, 6.07) is 4.81. The molecule has 0 bridgehead atoms. The first-order chi connectivity index (χ1) is 17.0. The SMILES string of the molecule is COC(C)c1nc2c(c(C3CCCCC3)c1C(O)c1ccc(C(F)(F)F)cc1)C(OC)CC(C)(C)C2. The summed E-state index contributed by atoms with van der Waals surface area (Å²) in [6.07, 6.45) is 0.943. The molecule has 0 aliphatic heterocycles. The first kappa shape index (κ1) is 27.1. The number of aromatic nitrogens is 1. The number of rotatable bonds is 6. The molecule has 198 valence electrons. The summed E-state index contributed by atoms with van der Waals surface area (Å²) in [7, 11) is 3.33. The summed E-state index contributed by atoms with van der Waals surface area (Å²) >= 11 is 0. The fourth-order valence-corrected chi connectivity index (χ4v) is 6.09. The van der Waals surface area contributed by atoms with Crippen molar-refractivity contribution in [2.45, 2.75) is 96.1 Å². The fraction of sp³-hybridized carbons (Fsp3) is 0.621.